The minimum absolute atomic E-state index is 0.0122. The molecule has 2 heterocycles. The molecule has 0 saturated heterocycles. The molecule has 2 aromatic heterocycles. The van der Waals surface area contributed by atoms with Crippen molar-refractivity contribution in [3.8, 4) is 39.6 Å². The van der Waals surface area contributed by atoms with Crippen molar-refractivity contribution in [1.29, 1.82) is 0 Å². The number of pyridine rings is 1. The average molecular weight is 358 g/mol. The molecule has 132 valence electrons. The van der Waals surface area contributed by atoms with Crippen LogP contribution in [-0.4, -0.2) is 15.0 Å². The normalized spacial score (nSPS) is 10.7. The Labute approximate surface area is 154 Å². The van der Waals surface area contributed by atoms with Crippen molar-refractivity contribution in [2.45, 2.75) is 0 Å². The summed E-state index contributed by atoms with van der Waals surface area (Å²) in [6.07, 6.45) is 1.57. The number of nitro groups is 1. The van der Waals surface area contributed by atoms with Crippen LogP contribution in [0.25, 0.3) is 33.8 Å². The van der Waals surface area contributed by atoms with Crippen molar-refractivity contribution < 1.29 is 14.4 Å². The van der Waals surface area contributed by atoms with Gasteiger partial charge in [0, 0.05) is 28.8 Å². The number of hydrogen-bond acceptors (Lipinski definition) is 5. The zero-order valence-electron chi connectivity index (χ0n) is 14.1. The summed E-state index contributed by atoms with van der Waals surface area (Å²) in [5.41, 5.74) is 3.01. The highest BCUT2D eigenvalue weighted by Gasteiger charge is 2.14. The third-order valence-corrected chi connectivity index (χ3v) is 4.16. The minimum Gasteiger partial charge on any atom is -0.507 e. The van der Waals surface area contributed by atoms with Gasteiger partial charge in [-0.1, -0.05) is 24.3 Å². The van der Waals surface area contributed by atoms with E-state index in [1.54, 1.807) is 48.7 Å². The molecule has 6 nitrogen and oxygen atoms in total. The van der Waals surface area contributed by atoms with Crippen molar-refractivity contribution >= 4 is 5.69 Å². The van der Waals surface area contributed by atoms with Gasteiger partial charge in [0.1, 0.15) is 11.5 Å². The van der Waals surface area contributed by atoms with Crippen LogP contribution in [0.2, 0.25) is 0 Å². The maximum atomic E-state index is 11.1. The standard InChI is InChI=1S/C21H14N2O4/c24-20-8-2-1-7-17(20)19-13-15(21-9-4-10-27-21)12-18(22-19)14-5-3-6-16(11-14)23(25)26/h1-13,24H. The third-order valence-electron chi connectivity index (χ3n) is 4.16. The summed E-state index contributed by atoms with van der Waals surface area (Å²) < 4.78 is 5.49. The van der Waals surface area contributed by atoms with E-state index in [1.165, 1.54) is 12.1 Å². The Morgan fingerprint density at radius 2 is 1.70 bits per heavy atom. The molecular formula is C21H14N2O4. The first kappa shape index (κ1) is 16.5. The van der Waals surface area contributed by atoms with Crippen molar-refractivity contribution in [2.24, 2.45) is 0 Å². The molecule has 0 spiro atoms. The number of para-hydroxylation sites is 1. The summed E-state index contributed by atoms with van der Waals surface area (Å²) in [4.78, 5) is 15.3. The molecule has 4 rings (SSSR count). The van der Waals surface area contributed by atoms with Gasteiger partial charge in [-0.05, 0) is 36.4 Å². The van der Waals surface area contributed by atoms with Gasteiger partial charge in [-0.2, -0.15) is 0 Å². The Bertz CT molecular complexity index is 1120. The first-order valence-electron chi connectivity index (χ1n) is 8.21. The second kappa shape index (κ2) is 6.76. The predicted molar refractivity (Wildman–Crippen MR) is 101 cm³/mol. The van der Waals surface area contributed by atoms with Gasteiger partial charge in [0.25, 0.3) is 5.69 Å². The first-order valence-corrected chi connectivity index (χ1v) is 8.21. The first-order chi connectivity index (χ1) is 13.1. The Morgan fingerprint density at radius 3 is 2.44 bits per heavy atom. The molecule has 0 unspecified atom stereocenters. The van der Waals surface area contributed by atoms with Gasteiger partial charge in [-0.15, -0.1) is 0 Å². The quantitative estimate of drug-likeness (QED) is 0.395. The van der Waals surface area contributed by atoms with Crippen LogP contribution in [0.5, 0.6) is 5.75 Å². The highest BCUT2D eigenvalue weighted by Crippen LogP contribution is 2.34. The number of hydrogen-bond donors (Lipinski definition) is 1. The predicted octanol–water partition coefficient (Wildman–Crippen LogP) is 5.29. The fraction of sp³-hybridized carbons (Fsp3) is 0. The van der Waals surface area contributed by atoms with E-state index in [9.17, 15) is 15.2 Å². The highest BCUT2D eigenvalue weighted by molar-refractivity contribution is 5.77. The summed E-state index contributed by atoms with van der Waals surface area (Å²) >= 11 is 0. The number of nitrogens with zero attached hydrogens (tertiary/aromatic N) is 2. The van der Waals surface area contributed by atoms with Gasteiger partial charge in [0.05, 0.1) is 22.6 Å². The lowest BCUT2D eigenvalue weighted by Crippen LogP contribution is -1.93. The number of nitro benzene ring substituents is 1. The van der Waals surface area contributed by atoms with E-state index in [4.69, 9.17) is 4.42 Å². The smallest absolute Gasteiger partial charge is 0.270 e. The van der Waals surface area contributed by atoms with Crippen LogP contribution >= 0.6 is 0 Å². The van der Waals surface area contributed by atoms with Gasteiger partial charge in [0.2, 0.25) is 0 Å². The van der Waals surface area contributed by atoms with E-state index in [1.807, 2.05) is 18.2 Å². The van der Waals surface area contributed by atoms with Gasteiger partial charge in [0.15, 0.2) is 0 Å². The lowest BCUT2D eigenvalue weighted by molar-refractivity contribution is -0.384. The molecule has 0 amide bonds. The molecule has 4 aromatic rings. The van der Waals surface area contributed by atoms with Crippen LogP contribution in [0.15, 0.2) is 83.5 Å². The van der Waals surface area contributed by atoms with Gasteiger partial charge in [-0.3, -0.25) is 10.1 Å². The number of phenolic OH excluding ortho intramolecular Hbond substituents is 1. The molecule has 0 radical (unpaired) electrons. The number of phenols is 1. The molecule has 6 heteroatoms. The van der Waals surface area contributed by atoms with Crippen LogP contribution in [0.1, 0.15) is 0 Å². The number of furan rings is 1. The van der Waals surface area contributed by atoms with Gasteiger partial charge in [-0.25, -0.2) is 4.98 Å². The summed E-state index contributed by atoms with van der Waals surface area (Å²) in [5.74, 6) is 0.743. The maximum Gasteiger partial charge on any atom is 0.270 e. The van der Waals surface area contributed by atoms with Crippen LogP contribution in [0.3, 0.4) is 0 Å². The zero-order valence-corrected chi connectivity index (χ0v) is 14.1. The molecule has 0 atom stereocenters. The van der Waals surface area contributed by atoms with E-state index < -0.39 is 4.92 Å². The fourth-order valence-corrected chi connectivity index (χ4v) is 2.87. The largest absolute Gasteiger partial charge is 0.507 e. The Kier molecular flexibility index (Phi) is 4.14. The Morgan fingerprint density at radius 1 is 0.889 bits per heavy atom. The number of aromatic nitrogens is 1. The molecule has 0 saturated carbocycles. The molecule has 0 bridgehead atoms. The number of benzene rings is 2. The third kappa shape index (κ3) is 3.28. The number of non-ortho nitro benzene ring substituents is 1. The van der Waals surface area contributed by atoms with Crippen LogP contribution in [0, 0.1) is 10.1 Å². The van der Waals surface area contributed by atoms with Crippen LogP contribution in [-0.2, 0) is 0 Å². The monoisotopic (exact) mass is 358 g/mol. The molecule has 0 aliphatic carbocycles. The fourth-order valence-electron chi connectivity index (χ4n) is 2.87. The second-order valence-corrected chi connectivity index (χ2v) is 5.93. The molecule has 0 fully saturated rings. The molecule has 27 heavy (non-hydrogen) atoms. The average Bonchev–Trinajstić information content (AvgIpc) is 3.23. The second-order valence-electron chi connectivity index (χ2n) is 5.93. The Balaban J connectivity index is 1.93. The summed E-state index contributed by atoms with van der Waals surface area (Å²) in [6, 6.07) is 20.4. The van der Waals surface area contributed by atoms with E-state index in [-0.39, 0.29) is 11.4 Å². The van der Waals surface area contributed by atoms with E-state index in [2.05, 4.69) is 4.98 Å². The maximum absolute atomic E-state index is 11.1. The molecule has 0 aliphatic heterocycles. The van der Waals surface area contributed by atoms with Gasteiger partial charge >= 0.3 is 0 Å². The van der Waals surface area contributed by atoms with Crippen LogP contribution in [0.4, 0.5) is 5.69 Å². The summed E-state index contributed by atoms with van der Waals surface area (Å²) in [7, 11) is 0. The van der Waals surface area contributed by atoms with Crippen molar-refractivity contribution in [3.05, 3.63) is 89.2 Å². The summed E-state index contributed by atoms with van der Waals surface area (Å²) in [6.45, 7) is 0. The van der Waals surface area contributed by atoms with Crippen molar-refractivity contribution in [2.75, 3.05) is 0 Å². The highest BCUT2D eigenvalue weighted by atomic mass is 16.6. The zero-order chi connectivity index (χ0) is 18.8. The van der Waals surface area contributed by atoms with E-state index >= 15 is 0 Å². The van der Waals surface area contributed by atoms with Crippen LogP contribution < -0.4 is 0 Å². The SMILES string of the molecule is O=[N+]([O-])c1cccc(-c2cc(-c3ccco3)cc(-c3ccccc3O)n2)c1. The topological polar surface area (TPSA) is 89.4 Å². The lowest BCUT2D eigenvalue weighted by Gasteiger charge is -2.10. The number of rotatable bonds is 4. The van der Waals surface area contributed by atoms with Crippen molar-refractivity contribution in [3.63, 3.8) is 0 Å². The van der Waals surface area contributed by atoms with E-state index in [0.29, 0.717) is 28.3 Å². The Hall–Kier alpha value is -3.93. The van der Waals surface area contributed by atoms with Gasteiger partial charge < -0.3 is 9.52 Å². The van der Waals surface area contributed by atoms with E-state index in [0.717, 1.165) is 5.56 Å². The molecule has 1 N–H and O–H groups in total. The lowest BCUT2D eigenvalue weighted by atomic mass is 10.0. The van der Waals surface area contributed by atoms with Crippen molar-refractivity contribution in [1.82, 2.24) is 4.98 Å². The molecular weight excluding hydrogens is 344 g/mol. The number of aromatic hydroxyl groups is 1. The summed E-state index contributed by atoms with van der Waals surface area (Å²) in [5, 5.41) is 21.3. The molecule has 0 aliphatic rings. The minimum atomic E-state index is -0.441. The molecule has 2 aromatic carbocycles.